The van der Waals surface area contributed by atoms with Gasteiger partial charge in [0.2, 0.25) is 0 Å². The number of benzene rings is 1. The number of carbonyl (C=O) groups excluding carboxylic acids is 1. The molecule has 1 aromatic heterocycles. The van der Waals surface area contributed by atoms with Gasteiger partial charge >= 0.3 is 0 Å². The molecule has 0 saturated heterocycles. The minimum absolute atomic E-state index is 0.252. The molecular weight excluding hydrogens is 318 g/mol. The van der Waals surface area contributed by atoms with E-state index in [4.69, 9.17) is 0 Å². The molecule has 0 spiro atoms. The molecule has 1 amide bonds. The van der Waals surface area contributed by atoms with Crippen LogP contribution in [-0.4, -0.2) is 16.1 Å². The lowest BCUT2D eigenvalue weighted by atomic mass is 10.1. The normalized spacial score (nSPS) is 10.7. The SMILES string of the molecule is Cc1cc(Br)ccc1NC(=O)c1ccc(C(C)C)nn1. The molecule has 0 aliphatic heterocycles. The van der Waals surface area contributed by atoms with Crippen LogP contribution in [0.4, 0.5) is 5.69 Å². The summed E-state index contributed by atoms with van der Waals surface area (Å²) in [7, 11) is 0. The largest absolute Gasteiger partial charge is 0.320 e. The molecule has 0 radical (unpaired) electrons. The van der Waals surface area contributed by atoms with Crippen molar-refractivity contribution in [1.82, 2.24) is 10.2 Å². The molecule has 0 fully saturated rings. The Morgan fingerprint density at radius 1 is 1.20 bits per heavy atom. The zero-order valence-electron chi connectivity index (χ0n) is 11.6. The Labute approximate surface area is 126 Å². The molecule has 1 heterocycles. The highest BCUT2D eigenvalue weighted by molar-refractivity contribution is 9.10. The smallest absolute Gasteiger partial charge is 0.276 e. The second-order valence-corrected chi connectivity index (χ2v) is 5.83. The summed E-state index contributed by atoms with van der Waals surface area (Å²) in [6, 6.07) is 9.22. The number of hydrogen-bond acceptors (Lipinski definition) is 3. The third kappa shape index (κ3) is 3.42. The first kappa shape index (κ1) is 14.7. The lowest BCUT2D eigenvalue weighted by molar-refractivity contribution is 0.102. The van der Waals surface area contributed by atoms with Gasteiger partial charge in [-0.05, 0) is 48.7 Å². The van der Waals surface area contributed by atoms with Crippen LogP contribution in [0.25, 0.3) is 0 Å². The van der Waals surface area contributed by atoms with E-state index in [9.17, 15) is 4.79 Å². The zero-order chi connectivity index (χ0) is 14.7. The second kappa shape index (κ2) is 6.13. The Hall–Kier alpha value is -1.75. The Morgan fingerprint density at radius 2 is 1.95 bits per heavy atom. The summed E-state index contributed by atoms with van der Waals surface area (Å²) in [5, 5.41) is 10.9. The fourth-order valence-corrected chi connectivity index (χ4v) is 2.20. The van der Waals surface area contributed by atoms with Crippen LogP contribution in [0.1, 0.15) is 41.5 Å². The van der Waals surface area contributed by atoms with Gasteiger partial charge in [-0.2, -0.15) is 5.10 Å². The average Bonchev–Trinajstić information content (AvgIpc) is 2.42. The summed E-state index contributed by atoms with van der Waals surface area (Å²) >= 11 is 3.39. The van der Waals surface area contributed by atoms with Crippen LogP contribution in [0.5, 0.6) is 0 Å². The van der Waals surface area contributed by atoms with E-state index in [1.54, 1.807) is 6.07 Å². The van der Waals surface area contributed by atoms with Crippen molar-refractivity contribution in [2.75, 3.05) is 5.32 Å². The molecule has 1 N–H and O–H groups in total. The van der Waals surface area contributed by atoms with Gasteiger partial charge in [0.1, 0.15) is 0 Å². The fraction of sp³-hybridized carbons (Fsp3) is 0.267. The van der Waals surface area contributed by atoms with Gasteiger partial charge in [-0.1, -0.05) is 29.8 Å². The van der Waals surface area contributed by atoms with Gasteiger partial charge in [-0.15, -0.1) is 5.10 Å². The second-order valence-electron chi connectivity index (χ2n) is 4.91. The number of halogens is 1. The van der Waals surface area contributed by atoms with E-state index in [1.807, 2.05) is 45.0 Å². The van der Waals surface area contributed by atoms with Crippen LogP contribution in [0, 0.1) is 6.92 Å². The molecular formula is C15H16BrN3O. The predicted octanol–water partition coefficient (Wildman–Crippen LogP) is 3.92. The van der Waals surface area contributed by atoms with Crippen molar-refractivity contribution < 1.29 is 4.79 Å². The number of carbonyl (C=O) groups is 1. The van der Waals surface area contributed by atoms with E-state index < -0.39 is 0 Å². The van der Waals surface area contributed by atoms with E-state index in [0.717, 1.165) is 21.4 Å². The Balaban J connectivity index is 2.15. The van der Waals surface area contributed by atoms with Crippen molar-refractivity contribution in [2.45, 2.75) is 26.7 Å². The van der Waals surface area contributed by atoms with Crippen molar-refractivity contribution in [2.24, 2.45) is 0 Å². The van der Waals surface area contributed by atoms with Crippen LogP contribution in [0.2, 0.25) is 0 Å². The number of amides is 1. The van der Waals surface area contributed by atoms with Crippen LogP contribution >= 0.6 is 15.9 Å². The lowest BCUT2D eigenvalue weighted by Crippen LogP contribution is -2.15. The minimum atomic E-state index is -0.252. The summed E-state index contributed by atoms with van der Waals surface area (Å²) in [5.41, 5.74) is 2.95. The molecule has 5 heteroatoms. The van der Waals surface area contributed by atoms with Crippen molar-refractivity contribution in [1.29, 1.82) is 0 Å². The van der Waals surface area contributed by atoms with Crippen molar-refractivity contribution in [3.63, 3.8) is 0 Å². The van der Waals surface area contributed by atoms with E-state index in [2.05, 4.69) is 31.4 Å². The monoisotopic (exact) mass is 333 g/mol. The van der Waals surface area contributed by atoms with Crippen LogP contribution in [0.15, 0.2) is 34.8 Å². The van der Waals surface area contributed by atoms with Crippen molar-refractivity contribution in [3.05, 3.63) is 51.8 Å². The minimum Gasteiger partial charge on any atom is -0.320 e. The first-order valence-corrected chi connectivity index (χ1v) is 7.18. The number of aryl methyl sites for hydroxylation is 1. The third-order valence-corrected chi connectivity index (χ3v) is 3.44. The summed E-state index contributed by atoms with van der Waals surface area (Å²) in [6.07, 6.45) is 0. The molecule has 0 aliphatic rings. The molecule has 0 saturated carbocycles. The van der Waals surface area contributed by atoms with Gasteiger partial charge in [0.15, 0.2) is 5.69 Å². The van der Waals surface area contributed by atoms with Crippen LogP contribution < -0.4 is 5.32 Å². The third-order valence-electron chi connectivity index (χ3n) is 2.95. The van der Waals surface area contributed by atoms with Crippen molar-refractivity contribution >= 4 is 27.5 Å². The van der Waals surface area contributed by atoms with Crippen LogP contribution in [-0.2, 0) is 0 Å². The number of rotatable bonds is 3. The number of anilines is 1. The molecule has 2 aromatic rings. The topological polar surface area (TPSA) is 54.9 Å². The summed E-state index contributed by atoms with van der Waals surface area (Å²) in [5.74, 6) is 0.0477. The van der Waals surface area contributed by atoms with Gasteiger partial charge in [-0.3, -0.25) is 4.79 Å². The molecule has 4 nitrogen and oxygen atoms in total. The highest BCUT2D eigenvalue weighted by Crippen LogP contribution is 2.20. The van der Waals surface area contributed by atoms with Crippen LogP contribution in [0.3, 0.4) is 0 Å². The van der Waals surface area contributed by atoms with Gasteiger partial charge in [0, 0.05) is 10.2 Å². The molecule has 20 heavy (non-hydrogen) atoms. The highest BCUT2D eigenvalue weighted by atomic mass is 79.9. The Kier molecular flexibility index (Phi) is 4.49. The summed E-state index contributed by atoms with van der Waals surface area (Å²) in [6.45, 7) is 6.01. The predicted molar refractivity (Wildman–Crippen MR) is 83.0 cm³/mol. The highest BCUT2D eigenvalue weighted by Gasteiger charge is 2.11. The summed E-state index contributed by atoms with van der Waals surface area (Å²) < 4.78 is 0.981. The quantitative estimate of drug-likeness (QED) is 0.925. The Bertz CT molecular complexity index is 624. The summed E-state index contributed by atoms with van der Waals surface area (Å²) in [4.78, 5) is 12.1. The molecule has 104 valence electrons. The average molecular weight is 334 g/mol. The Morgan fingerprint density at radius 3 is 2.50 bits per heavy atom. The maximum Gasteiger partial charge on any atom is 0.276 e. The molecule has 1 aromatic carbocycles. The number of nitrogens with one attached hydrogen (secondary N) is 1. The zero-order valence-corrected chi connectivity index (χ0v) is 13.2. The number of nitrogens with zero attached hydrogens (tertiary/aromatic N) is 2. The number of aromatic nitrogens is 2. The van der Waals surface area contributed by atoms with Gasteiger partial charge in [0.05, 0.1) is 5.69 Å². The lowest BCUT2D eigenvalue weighted by Gasteiger charge is -2.08. The first-order chi connectivity index (χ1) is 9.47. The fourth-order valence-electron chi connectivity index (χ4n) is 1.73. The first-order valence-electron chi connectivity index (χ1n) is 6.38. The maximum absolute atomic E-state index is 12.1. The van der Waals surface area contributed by atoms with E-state index in [0.29, 0.717) is 11.6 Å². The van der Waals surface area contributed by atoms with E-state index in [1.165, 1.54) is 0 Å². The molecule has 0 aliphatic carbocycles. The molecule has 0 bridgehead atoms. The van der Waals surface area contributed by atoms with Gasteiger partial charge in [-0.25, -0.2) is 0 Å². The van der Waals surface area contributed by atoms with Gasteiger partial charge < -0.3 is 5.32 Å². The molecule has 0 unspecified atom stereocenters. The van der Waals surface area contributed by atoms with E-state index >= 15 is 0 Å². The van der Waals surface area contributed by atoms with Crippen molar-refractivity contribution in [3.8, 4) is 0 Å². The standard InChI is InChI=1S/C15H16BrN3O/c1-9(2)12-6-7-14(19-18-12)15(20)17-13-5-4-11(16)8-10(13)3/h4-9H,1-3H3,(H,17,20). The number of hydrogen-bond donors (Lipinski definition) is 1. The van der Waals surface area contributed by atoms with E-state index in [-0.39, 0.29) is 5.91 Å². The maximum atomic E-state index is 12.1. The molecule has 2 rings (SSSR count). The van der Waals surface area contributed by atoms with Gasteiger partial charge in [0.25, 0.3) is 5.91 Å². The molecule has 0 atom stereocenters.